The Labute approximate surface area is 127 Å². The number of carbonyl (C=O) groups is 2. The molecule has 1 rings (SSSR count). The normalized spacial score (nSPS) is 20.6. The van der Waals surface area contributed by atoms with Gasteiger partial charge in [0.05, 0.1) is 18.4 Å². The summed E-state index contributed by atoms with van der Waals surface area (Å²) in [6.45, 7) is 8.82. The number of hydrogen-bond donors (Lipinski definition) is 0. The first kappa shape index (κ1) is 17.5. The Morgan fingerprint density at radius 1 is 1.43 bits per heavy atom. The van der Waals surface area contributed by atoms with Gasteiger partial charge in [-0.15, -0.1) is 0 Å². The summed E-state index contributed by atoms with van der Waals surface area (Å²) < 4.78 is 0. The lowest BCUT2D eigenvalue weighted by Gasteiger charge is -2.37. The van der Waals surface area contributed by atoms with Gasteiger partial charge in [-0.25, -0.2) is 0 Å². The molecule has 118 valence electrons. The summed E-state index contributed by atoms with van der Waals surface area (Å²) in [6.07, 6.45) is 2.01. The molecule has 0 N–H and O–H groups in total. The molecule has 0 saturated carbocycles. The Morgan fingerprint density at radius 2 is 2.05 bits per heavy atom. The van der Waals surface area contributed by atoms with Crippen LogP contribution in [0.5, 0.6) is 0 Å². The Kier molecular flexibility index (Phi) is 5.77. The SMILES string of the molecule is CC(CC#N)N(C)C(=O)C1CCCN(C(=O)C(C)(C)C)C1. The van der Waals surface area contributed by atoms with Crippen molar-refractivity contribution < 1.29 is 9.59 Å². The Balaban J connectivity index is 2.70. The second-order valence-electron chi connectivity index (χ2n) is 7.00. The van der Waals surface area contributed by atoms with Crippen molar-refractivity contribution in [2.45, 2.75) is 53.0 Å². The molecule has 0 aromatic carbocycles. The lowest BCUT2D eigenvalue weighted by atomic mass is 9.90. The predicted molar refractivity (Wildman–Crippen MR) is 81.2 cm³/mol. The third kappa shape index (κ3) is 4.45. The number of amides is 2. The van der Waals surface area contributed by atoms with Gasteiger partial charge in [-0.1, -0.05) is 20.8 Å². The average Bonchev–Trinajstić information content (AvgIpc) is 2.44. The van der Waals surface area contributed by atoms with Crippen molar-refractivity contribution in [2.24, 2.45) is 11.3 Å². The van der Waals surface area contributed by atoms with Gasteiger partial charge in [-0.05, 0) is 19.8 Å². The van der Waals surface area contributed by atoms with Crippen LogP contribution in [0.15, 0.2) is 0 Å². The van der Waals surface area contributed by atoms with Crippen molar-refractivity contribution in [3.05, 3.63) is 0 Å². The van der Waals surface area contributed by atoms with Crippen LogP contribution in [0.2, 0.25) is 0 Å². The highest BCUT2D eigenvalue weighted by atomic mass is 16.2. The van der Waals surface area contributed by atoms with Crippen molar-refractivity contribution in [1.29, 1.82) is 5.26 Å². The van der Waals surface area contributed by atoms with E-state index in [9.17, 15) is 9.59 Å². The van der Waals surface area contributed by atoms with E-state index in [1.54, 1.807) is 11.9 Å². The second kappa shape index (κ2) is 6.93. The summed E-state index contributed by atoms with van der Waals surface area (Å²) in [7, 11) is 1.74. The first-order chi connectivity index (χ1) is 9.68. The van der Waals surface area contributed by atoms with Crippen LogP contribution in [-0.2, 0) is 9.59 Å². The summed E-state index contributed by atoms with van der Waals surface area (Å²) in [5, 5.41) is 8.74. The summed E-state index contributed by atoms with van der Waals surface area (Å²) in [5.41, 5.74) is -0.412. The summed E-state index contributed by atoms with van der Waals surface area (Å²) in [4.78, 5) is 28.3. The van der Waals surface area contributed by atoms with E-state index in [0.717, 1.165) is 19.4 Å². The minimum Gasteiger partial charge on any atom is -0.342 e. The predicted octanol–water partition coefficient (Wildman–Crippen LogP) is 2.03. The maximum atomic E-state index is 12.5. The lowest BCUT2D eigenvalue weighted by molar-refractivity contribution is -0.145. The molecule has 1 aliphatic rings. The largest absolute Gasteiger partial charge is 0.342 e. The molecule has 0 radical (unpaired) electrons. The number of piperidine rings is 1. The number of likely N-dealkylation sites (tertiary alicyclic amines) is 1. The zero-order valence-electron chi connectivity index (χ0n) is 13.8. The number of nitrogens with zero attached hydrogens (tertiary/aromatic N) is 3. The molecule has 2 unspecified atom stereocenters. The minimum absolute atomic E-state index is 0.0455. The van der Waals surface area contributed by atoms with Crippen LogP contribution in [0.25, 0.3) is 0 Å². The summed E-state index contributed by atoms with van der Waals surface area (Å²) >= 11 is 0. The molecule has 0 aromatic heterocycles. The highest BCUT2D eigenvalue weighted by Crippen LogP contribution is 2.25. The number of rotatable bonds is 3. The van der Waals surface area contributed by atoms with E-state index in [1.165, 1.54) is 0 Å². The van der Waals surface area contributed by atoms with Gasteiger partial charge in [0.1, 0.15) is 0 Å². The maximum Gasteiger partial charge on any atom is 0.227 e. The maximum absolute atomic E-state index is 12.5. The molecule has 1 aliphatic heterocycles. The molecule has 0 spiro atoms. The quantitative estimate of drug-likeness (QED) is 0.799. The Bertz CT molecular complexity index is 434. The van der Waals surface area contributed by atoms with Crippen molar-refractivity contribution in [2.75, 3.05) is 20.1 Å². The van der Waals surface area contributed by atoms with E-state index in [2.05, 4.69) is 6.07 Å². The molecule has 1 saturated heterocycles. The van der Waals surface area contributed by atoms with E-state index in [0.29, 0.717) is 13.0 Å². The molecule has 2 amide bonds. The van der Waals surface area contributed by atoms with Crippen LogP contribution >= 0.6 is 0 Å². The van der Waals surface area contributed by atoms with E-state index < -0.39 is 5.41 Å². The fourth-order valence-corrected chi connectivity index (χ4v) is 2.61. The van der Waals surface area contributed by atoms with E-state index >= 15 is 0 Å². The van der Waals surface area contributed by atoms with Gasteiger partial charge in [-0.3, -0.25) is 9.59 Å². The molecule has 0 aromatic rings. The van der Waals surface area contributed by atoms with Crippen LogP contribution in [-0.4, -0.2) is 47.8 Å². The first-order valence-electron chi connectivity index (χ1n) is 7.61. The highest BCUT2D eigenvalue weighted by molar-refractivity contribution is 5.84. The van der Waals surface area contributed by atoms with Gasteiger partial charge in [0.25, 0.3) is 0 Å². The lowest BCUT2D eigenvalue weighted by Crippen LogP contribution is -2.50. The Hall–Kier alpha value is -1.57. The zero-order valence-corrected chi connectivity index (χ0v) is 13.8. The molecule has 5 nitrogen and oxygen atoms in total. The average molecular weight is 293 g/mol. The van der Waals surface area contributed by atoms with Crippen molar-refractivity contribution >= 4 is 11.8 Å². The first-order valence-corrected chi connectivity index (χ1v) is 7.61. The zero-order chi connectivity index (χ0) is 16.2. The second-order valence-corrected chi connectivity index (χ2v) is 7.00. The molecule has 2 atom stereocenters. The van der Waals surface area contributed by atoms with Gasteiger partial charge < -0.3 is 9.80 Å². The summed E-state index contributed by atoms with van der Waals surface area (Å²) in [5.74, 6) is 0.00748. The van der Waals surface area contributed by atoms with Crippen molar-refractivity contribution in [1.82, 2.24) is 9.80 Å². The number of carbonyl (C=O) groups excluding carboxylic acids is 2. The van der Waals surface area contributed by atoms with Gasteiger partial charge in [0.15, 0.2) is 0 Å². The van der Waals surface area contributed by atoms with Crippen LogP contribution in [0.3, 0.4) is 0 Å². The Morgan fingerprint density at radius 3 is 2.57 bits per heavy atom. The molecule has 1 heterocycles. The van der Waals surface area contributed by atoms with Crippen LogP contribution in [0, 0.1) is 22.7 Å². The molecule has 0 aliphatic carbocycles. The van der Waals surface area contributed by atoms with Crippen molar-refractivity contribution in [3.63, 3.8) is 0 Å². The number of hydrogen-bond acceptors (Lipinski definition) is 3. The molecule has 0 bridgehead atoms. The minimum atomic E-state index is -0.412. The van der Waals surface area contributed by atoms with E-state index in [4.69, 9.17) is 5.26 Å². The summed E-state index contributed by atoms with van der Waals surface area (Å²) in [6, 6.07) is 2.01. The smallest absolute Gasteiger partial charge is 0.227 e. The third-order valence-corrected chi connectivity index (χ3v) is 4.09. The van der Waals surface area contributed by atoms with Crippen LogP contribution in [0.1, 0.15) is 47.0 Å². The molecule has 5 heteroatoms. The fourth-order valence-electron chi connectivity index (χ4n) is 2.61. The van der Waals surface area contributed by atoms with Gasteiger partial charge in [-0.2, -0.15) is 5.26 Å². The monoisotopic (exact) mass is 293 g/mol. The third-order valence-electron chi connectivity index (χ3n) is 4.09. The topological polar surface area (TPSA) is 64.4 Å². The van der Waals surface area contributed by atoms with E-state index in [1.807, 2.05) is 32.6 Å². The number of nitriles is 1. The molecular formula is C16H27N3O2. The molecule has 1 fully saturated rings. The van der Waals surface area contributed by atoms with Gasteiger partial charge in [0, 0.05) is 31.6 Å². The van der Waals surface area contributed by atoms with E-state index in [-0.39, 0.29) is 23.8 Å². The standard InChI is InChI=1S/C16H27N3O2/c1-12(8-9-17)18(5)14(20)13-7-6-10-19(11-13)15(21)16(2,3)4/h12-13H,6-8,10-11H2,1-5H3. The van der Waals surface area contributed by atoms with Crippen molar-refractivity contribution in [3.8, 4) is 6.07 Å². The van der Waals surface area contributed by atoms with Crippen LogP contribution in [0.4, 0.5) is 0 Å². The van der Waals surface area contributed by atoms with Gasteiger partial charge in [0.2, 0.25) is 11.8 Å². The van der Waals surface area contributed by atoms with Gasteiger partial charge >= 0.3 is 0 Å². The molecular weight excluding hydrogens is 266 g/mol. The highest BCUT2D eigenvalue weighted by Gasteiger charge is 2.34. The fraction of sp³-hybridized carbons (Fsp3) is 0.812. The molecule has 21 heavy (non-hydrogen) atoms. The van der Waals surface area contributed by atoms with Crippen LogP contribution < -0.4 is 0 Å².